The van der Waals surface area contributed by atoms with Crippen molar-refractivity contribution in [1.29, 1.82) is 0 Å². The Morgan fingerprint density at radius 2 is 2.00 bits per heavy atom. The number of rotatable bonds is 4. The summed E-state index contributed by atoms with van der Waals surface area (Å²) >= 11 is 0. The van der Waals surface area contributed by atoms with Crippen molar-refractivity contribution >= 4 is 17.6 Å². The zero-order valence-corrected chi connectivity index (χ0v) is 16.8. The molecule has 0 aliphatic carbocycles. The Labute approximate surface area is 170 Å². The van der Waals surface area contributed by atoms with E-state index in [9.17, 15) is 9.59 Å². The maximum absolute atomic E-state index is 11.8. The Bertz CT molecular complexity index is 919. The van der Waals surface area contributed by atoms with Crippen molar-refractivity contribution in [3.8, 4) is 5.75 Å². The number of nitrogens with one attached hydrogen (secondary N) is 1. The van der Waals surface area contributed by atoms with Gasteiger partial charge in [0.2, 0.25) is 0 Å². The molecule has 0 saturated carbocycles. The van der Waals surface area contributed by atoms with Gasteiger partial charge in [-0.05, 0) is 74.2 Å². The Morgan fingerprint density at radius 1 is 1.21 bits per heavy atom. The van der Waals surface area contributed by atoms with Crippen LogP contribution in [0.25, 0.3) is 0 Å². The molecule has 2 aromatic rings. The second-order valence-electron chi connectivity index (χ2n) is 7.75. The van der Waals surface area contributed by atoms with E-state index in [2.05, 4.69) is 16.3 Å². The highest BCUT2D eigenvalue weighted by molar-refractivity contribution is 5.97. The summed E-state index contributed by atoms with van der Waals surface area (Å²) < 4.78 is 10.6. The molecule has 1 saturated heterocycles. The molecule has 4 rings (SSSR count). The van der Waals surface area contributed by atoms with Crippen LogP contribution in [0.3, 0.4) is 0 Å². The summed E-state index contributed by atoms with van der Waals surface area (Å²) in [5, 5.41) is 2.87. The number of nitrogens with zero attached hydrogens (tertiary/aromatic N) is 1. The summed E-state index contributed by atoms with van der Waals surface area (Å²) in [7, 11) is 1.41. The van der Waals surface area contributed by atoms with Crippen LogP contribution in [0.15, 0.2) is 42.5 Å². The fraction of sp³-hybridized carbons (Fsp3) is 0.391. The number of carbonyl (C=O) groups excluding carboxylic acids is 2. The molecule has 0 spiro atoms. The van der Waals surface area contributed by atoms with Gasteiger partial charge in [-0.25, -0.2) is 4.79 Å². The molecule has 6 heteroatoms. The van der Waals surface area contributed by atoms with Gasteiger partial charge >= 0.3 is 5.97 Å². The third-order valence-electron chi connectivity index (χ3n) is 5.75. The molecule has 1 fully saturated rings. The quantitative estimate of drug-likeness (QED) is 0.803. The summed E-state index contributed by atoms with van der Waals surface area (Å²) in [5.41, 5.74) is 3.74. The molecule has 0 bridgehead atoms. The van der Waals surface area contributed by atoms with Crippen molar-refractivity contribution < 1.29 is 19.1 Å². The van der Waals surface area contributed by atoms with E-state index in [4.69, 9.17) is 9.47 Å². The molecule has 0 aromatic heterocycles. The number of likely N-dealkylation sites (tertiary alicyclic amines) is 1. The van der Waals surface area contributed by atoms with Crippen LogP contribution >= 0.6 is 0 Å². The molecule has 2 aliphatic rings. The van der Waals surface area contributed by atoms with Crippen LogP contribution in [-0.4, -0.2) is 43.1 Å². The molecule has 152 valence electrons. The summed E-state index contributed by atoms with van der Waals surface area (Å²) in [6, 6.07) is 13.8. The van der Waals surface area contributed by atoms with Crippen molar-refractivity contribution in [2.45, 2.75) is 38.3 Å². The van der Waals surface area contributed by atoms with Gasteiger partial charge in [0, 0.05) is 6.54 Å². The van der Waals surface area contributed by atoms with Crippen molar-refractivity contribution in [2.75, 3.05) is 25.5 Å². The average molecular weight is 394 g/mol. The number of ether oxygens (including phenoxy) is 2. The second-order valence-corrected chi connectivity index (χ2v) is 7.75. The molecule has 1 unspecified atom stereocenters. The molecule has 29 heavy (non-hydrogen) atoms. The minimum Gasteiger partial charge on any atom is -0.479 e. The van der Waals surface area contributed by atoms with Gasteiger partial charge in [0.05, 0.1) is 18.4 Å². The number of fused-ring (bicyclic) bond motifs is 1. The fourth-order valence-electron chi connectivity index (χ4n) is 4.06. The van der Waals surface area contributed by atoms with Crippen molar-refractivity contribution in [3.63, 3.8) is 0 Å². The van der Waals surface area contributed by atoms with Gasteiger partial charge in [-0.2, -0.15) is 0 Å². The average Bonchev–Trinajstić information content (AvgIpc) is 2.75. The third kappa shape index (κ3) is 4.27. The lowest BCUT2D eigenvalue weighted by atomic mass is 9.88. The van der Waals surface area contributed by atoms with Gasteiger partial charge in [-0.1, -0.05) is 18.2 Å². The van der Waals surface area contributed by atoms with E-state index in [0.29, 0.717) is 11.5 Å². The second kappa shape index (κ2) is 8.25. The van der Waals surface area contributed by atoms with E-state index in [1.54, 1.807) is 13.0 Å². The minimum atomic E-state index is -0.464. The first-order chi connectivity index (χ1) is 14.0. The number of carbonyl (C=O) groups is 2. The van der Waals surface area contributed by atoms with Gasteiger partial charge in [0.25, 0.3) is 5.91 Å². The van der Waals surface area contributed by atoms with E-state index >= 15 is 0 Å². The maximum Gasteiger partial charge on any atom is 0.337 e. The molecule has 1 amide bonds. The molecule has 1 N–H and O–H groups in total. The Morgan fingerprint density at radius 3 is 2.76 bits per heavy atom. The predicted molar refractivity (Wildman–Crippen MR) is 110 cm³/mol. The number of amides is 1. The molecule has 6 nitrogen and oxygen atoms in total. The van der Waals surface area contributed by atoms with Gasteiger partial charge in [-0.15, -0.1) is 0 Å². The number of methoxy groups -OCH3 is 1. The summed E-state index contributed by atoms with van der Waals surface area (Å²) in [4.78, 5) is 25.9. The highest BCUT2D eigenvalue weighted by Crippen LogP contribution is 2.32. The Balaban J connectivity index is 1.37. The van der Waals surface area contributed by atoms with E-state index in [-0.39, 0.29) is 11.9 Å². The van der Waals surface area contributed by atoms with Gasteiger partial charge in [0.1, 0.15) is 5.75 Å². The zero-order chi connectivity index (χ0) is 20.4. The first kappa shape index (κ1) is 19.5. The first-order valence-electron chi connectivity index (χ1n) is 10.0. The van der Waals surface area contributed by atoms with Crippen LogP contribution in [0.2, 0.25) is 0 Å². The number of benzene rings is 2. The monoisotopic (exact) mass is 394 g/mol. The molecule has 2 aromatic carbocycles. The summed E-state index contributed by atoms with van der Waals surface area (Å²) in [5.74, 6) is 0.802. The van der Waals surface area contributed by atoms with Gasteiger partial charge in [0.15, 0.2) is 6.10 Å². The lowest BCUT2D eigenvalue weighted by Gasteiger charge is -2.32. The normalized spacial score (nSPS) is 19.8. The largest absolute Gasteiger partial charge is 0.479 e. The topological polar surface area (TPSA) is 67.9 Å². The first-order valence-corrected chi connectivity index (χ1v) is 10.0. The number of anilines is 1. The lowest BCUT2D eigenvalue weighted by molar-refractivity contribution is -0.122. The number of hydrogen-bond donors (Lipinski definition) is 1. The van der Waals surface area contributed by atoms with Crippen LogP contribution in [-0.2, 0) is 16.1 Å². The van der Waals surface area contributed by atoms with Crippen molar-refractivity contribution in [3.05, 3.63) is 59.2 Å². The van der Waals surface area contributed by atoms with Crippen LogP contribution in [0.1, 0.15) is 47.2 Å². The van der Waals surface area contributed by atoms with E-state index in [1.807, 2.05) is 30.3 Å². The Kier molecular flexibility index (Phi) is 5.53. The van der Waals surface area contributed by atoms with Crippen molar-refractivity contribution in [1.82, 2.24) is 4.90 Å². The number of piperidine rings is 1. The van der Waals surface area contributed by atoms with Gasteiger partial charge < -0.3 is 14.8 Å². The summed E-state index contributed by atoms with van der Waals surface area (Å²) in [6.45, 7) is 4.61. The molecule has 2 aliphatic heterocycles. The molecule has 2 heterocycles. The molecular formula is C23H26N2O4. The zero-order valence-electron chi connectivity index (χ0n) is 16.8. The SMILES string of the molecule is COC(=O)c1cccc(C2CCN(Cc3ccc4c(c3)OC(C)C(=O)N4)CC2)c1. The number of esters is 1. The van der Waals surface area contributed by atoms with Crippen LogP contribution < -0.4 is 10.1 Å². The Hall–Kier alpha value is -2.86. The van der Waals surface area contributed by atoms with Crippen molar-refractivity contribution in [2.24, 2.45) is 0 Å². The molecule has 0 radical (unpaired) electrons. The fourth-order valence-corrected chi connectivity index (χ4v) is 4.06. The van der Waals surface area contributed by atoms with Crippen LogP contribution in [0, 0.1) is 0 Å². The standard InChI is InChI=1S/C23H26N2O4/c1-15-22(26)24-20-7-6-16(12-21(20)29-15)14-25-10-8-17(9-11-25)18-4-3-5-19(13-18)23(27)28-2/h3-7,12-13,15,17H,8-11,14H2,1-2H3,(H,24,26). The van der Waals surface area contributed by atoms with Crippen LogP contribution in [0.5, 0.6) is 5.75 Å². The lowest BCUT2D eigenvalue weighted by Crippen LogP contribution is -2.35. The highest BCUT2D eigenvalue weighted by Gasteiger charge is 2.25. The molecule has 1 atom stereocenters. The maximum atomic E-state index is 11.8. The van der Waals surface area contributed by atoms with E-state index in [1.165, 1.54) is 18.2 Å². The third-order valence-corrected chi connectivity index (χ3v) is 5.75. The van der Waals surface area contributed by atoms with E-state index in [0.717, 1.165) is 43.9 Å². The minimum absolute atomic E-state index is 0.108. The number of hydrogen-bond acceptors (Lipinski definition) is 5. The van der Waals surface area contributed by atoms with E-state index < -0.39 is 6.10 Å². The van der Waals surface area contributed by atoms with Gasteiger partial charge in [-0.3, -0.25) is 9.69 Å². The molecular weight excluding hydrogens is 368 g/mol. The highest BCUT2D eigenvalue weighted by atomic mass is 16.5. The predicted octanol–water partition coefficient (Wildman–Crippen LogP) is 3.57. The van der Waals surface area contributed by atoms with Crippen LogP contribution in [0.4, 0.5) is 5.69 Å². The smallest absolute Gasteiger partial charge is 0.337 e. The summed E-state index contributed by atoms with van der Waals surface area (Å²) in [6.07, 6.45) is 1.65.